The number of ether oxygens (including phenoxy) is 3. The summed E-state index contributed by atoms with van der Waals surface area (Å²) >= 11 is 0. The fraction of sp³-hybridized carbons (Fsp3) is 0.156. The Balaban J connectivity index is 1.48. The van der Waals surface area contributed by atoms with Crippen LogP contribution in [-0.2, 0) is 9.53 Å². The van der Waals surface area contributed by atoms with Gasteiger partial charge >= 0.3 is 5.97 Å². The van der Waals surface area contributed by atoms with Gasteiger partial charge in [-0.25, -0.2) is 14.8 Å². The molecule has 1 amide bonds. The van der Waals surface area contributed by atoms with Crippen molar-refractivity contribution in [3.8, 4) is 34.0 Å². The highest BCUT2D eigenvalue weighted by Gasteiger charge is 2.23. The molecule has 0 aliphatic rings. The number of benzene rings is 3. The van der Waals surface area contributed by atoms with Crippen LogP contribution in [0.4, 0.5) is 5.69 Å². The number of carbonyl (C=O) groups excluding carboxylic acids is 2. The first-order valence-electron chi connectivity index (χ1n) is 13.0. The molecule has 0 spiro atoms. The standard InChI is InChI=1S/C32H28N4O5/c1-4-28(31(37)34-23-6-5-17-33-19-23)41-32(38)22-11-16-26-27(18-22)36-30(21-9-14-25(40-3)15-10-21)29(35-26)20-7-12-24(39-2)13-8-20/h5-19,28H,4H2,1-3H3,(H,34,37). The van der Waals surface area contributed by atoms with E-state index in [1.807, 2.05) is 48.5 Å². The van der Waals surface area contributed by atoms with Gasteiger partial charge in [0.1, 0.15) is 11.5 Å². The molecule has 0 saturated heterocycles. The van der Waals surface area contributed by atoms with E-state index in [0.29, 0.717) is 34.5 Å². The lowest BCUT2D eigenvalue weighted by atomic mass is 10.0. The topological polar surface area (TPSA) is 113 Å². The molecular weight excluding hydrogens is 520 g/mol. The molecule has 1 N–H and O–H groups in total. The number of nitrogens with zero attached hydrogens (tertiary/aromatic N) is 3. The first-order chi connectivity index (χ1) is 20.0. The predicted octanol–water partition coefficient (Wildman–Crippen LogP) is 5.95. The number of hydrogen-bond donors (Lipinski definition) is 1. The van der Waals surface area contributed by atoms with Crippen LogP contribution in [0.15, 0.2) is 91.3 Å². The number of nitrogens with one attached hydrogen (secondary N) is 1. The Bertz CT molecular complexity index is 1670. The highest BCUT2D eigenvalue weighted by molar-refractivity contribution is 5.99. The first-order valence-corrected chi connectivity index (χ1v) is 13.0. The van der Waals surface area contributed by atoms with Crippen molar-refractivity contribution >= 4 is 28.6 Å². The summed E-state index contributed by atoms with van der Waals surface area (Å²) in [6.07, 6.45) is 2.46. The molecule has 0 aliphatic carbocycles. The normalized spacial score (nSPS) is 11.5. The molecule has 0 bridgehead atoms. The summed E-state index contributed by atoms with van der Waals surface area (Å²) in [6, 6.07) is 23.5. The Kier molecular flexibility index (Phi) is 8.15. The van der Waals surface area contributed by atoms with Gasteiger partial charge < -0.3 is 19.5 Å². The van der Waals surface area contributed by atoms with Gasteiger partial charge in [-0.1, -0.05) is 6.92 Å². The Morgan fingerprint density at radius 1 is 0.805 bits per heavy atom. The number of carbonyl (C=O) groups is 2. The van der Waals surface area contributed by atoms with Crippen molar-refractivity contribution in [2.75, 3.05) is 19.5 Å². The minimum absolute atomic E-state index is 0.261. The zero-order valence-corrected chi connectivity index (χ0v) is 22.8. The second-order valence-electron chi connectivity index (χ2n) is 9.11. The van der Waals surface area contributed by atoms with Crippen LogP contribution in [0.1, 0.15) is 23.7 Å². The number of pyridine rings is 1. The van der Waals surface area contributed by atoms with Gasteiger partial charge in [0.05, 0.1) is 54.1 Å². The lowest BCUT2D eigenvalue weighted by Gasteiger charge is -2.16. The third-order valence-corrected chi connectivity index (χ3v) is 6.47. The zero-order valence-electron chi connectivity index (χ0n) is 22.8. The quantitative estimate of drug-likeness (QED) is 0.225. The number of methoxy groups -OCH3 is 2. The number of aromatic nitrogens is 3. The van der Waals surface area contributed by atoms with Crippen LogP contribution in [0, 0.1) is 0 Å². The third kappa shape index (κ3) is 6.14. The summed E-state index contributed by atoms with van der Waals surface area (Å²) in [7, 11) is 3.23. The summed E-state index contributed by atoms with van der Waals surface area (Å²) < 4.78 is 16.2. The lowest BCUT2D eigenvalue weighted by molar-refractivity contribution is -0.124. The van der Waals surface area contributed by atoms with Crippen molar-refractivity contribution in [1.82, 2.24) is 15.0 Å². The molecule has 0 saturated carbocycles. The van der Waals surface area contributed by atoms with Crippen molar-refractivity contribution in [2.24, 2.45) is 0 Å². The van der Waals surface area contributed by atoms with E-state index in [1.165, 1.54) is 6.20 Å². The van der Waals surface area contributed by atoms with Crippen LogP contribution in [0.2, 0.25) is 0 Å². The average Bonchev–Trinajstić information content (AvgIpc) is 3.03. The van der Waals surface area contributed by atoms with Crippen LogP contribution in [-0.4, -0.2) is 47.2 Å². The van der Waals surface area contributed by atoms with Crippen molar-refractivity contribution in [3.63, 3.8) is 0 Å². The van der Waals surface area contributed by atoms with E-state index < -0.39 is 18.0 Å². The molecule has 2 aromatic heterocycles. The monoisotopic (exact) mass is 548 g/mol. The SMILES string of the molecule is CCC(OC(=O)c1ccc2nc(-c3ccc(OC)cc3)c(-c3ccc(OC)cc3)nc2c1)C(=O)Nc1cccnc1. The molecule has 3 aromatic carbocycles. The predicted molar refractivity (Wildman–Crippen MR) is 156 cm³/mol. The molecule has 9 heteroatoms. The van der Waals surface area contributed by atoms with Gasteiger partial charge in [0.15, 0.2) is 6.10 Å². The van der Waals surface area contributed by atoms with E-state index >= 15 is 0 Å². The van der Waals surface area contributed by atoms with E-state index in [0.717, 1.165) is 22.6 Å². The molecule has 0 aliphatic heterocycles. The Hall–Kier alpha value is -5.31. The van der Waals surface area contributed by atoms with Gasteiger partial charge in [-0.15, -0.1) is 0 Å². The number of anilines is 1. The summed E-state index contributed by atoms with van der Waals surface area (Å²) in [5.74, 6) is 0.389. The molecule has 5 aromatic rings. The molecule has 2 heterocycles. The molecule has 0 radical (unpaired) electrons. The summed E-state index contributed by atoms with van der Waals surface area (Å²) in [4.78, 5) is 39.7. The van der Waals surface area contributed by atoms with Crippen molar-refractivity contribution in [3.05, 3.63) is 96.8 Å². The van der Waals surface area contributed by atoms with Gasteiger partial charge in [-0.3, -0.25) is 9.78 Å². The van der Waals surface area contributed by atoms with Gasteiger partial charge in [0, 0.05) is 17.3 Å². The molecule has 206 valence electrons. The fourth-order valence-electron chi connectivity index (χ4n) is 4.26. The highest BCUT2D eigenvalue weighted by Crippen LogP contribution is 2.33. The number of esters is 1. The van der Waals surface area contributed by atoms with Crippen molar-refractivity contribution in [1.29, 1.82) is 0 Å². The van der Waals surface area contributed by atoms with Crippen LogP contribution < -0.4 is 14.8 Å². The van der Waals surface area contributed by atoms with E-state index in [2.05, 4.69) is 10.3 Å². The minimum Gasteiger partial charge on any atom is -0.497 e. The maximum Gasteiger partial charge on any atom is 0.338 e. The lowest BCUT2D eigenvalue weighted by Crippen LogP contribution is -2.32. The molecule has 41 heavy (non-hydrogen) atoms. The van der Waals surface area contributed by atoms with Crippen molar-refractivity contribution in [2.45, 2.75) is 19.4 Å². The number of fused-ring (bicyclic) bond motifs is 1. The highest BCUT2D eigenvalue weighted by atomic mass is 16.5. The maximum atomic E-state index is 13.1. The molecule has 5 rings (SSSR count). The average molecular weight is 549 g/mol. The van der Waals surface area contributed by atoms with E-state index in [-0.39, 0.29) is 5.56 Å². The third-order valence-electron chi connectivity index (χ3n) is 6.47. The molecular formula is C32H28N4O5. The number of rotatable bonds is 9. The molecule has 9 nitrogen and oxygen atoms in total. The summed E-state index contributed by atoms with van der Waals surface area (Å²) in [5.41, 5.74) is 4.90. The largest absolute Gasteiger partial charge is 0.497 e. The molecule has 1 atom stereocenters. The zero-order chi connectivity index (χ0) is 28.8. The summed E-state index contributed by atoms with van der Waals surface area (Å²) in [6.45, 7) is 1.77. The second-order valence-corrected chi connectivity index (χ2v) is 9.11. The van der Waals surface area contributed by atoms with Gasteiger partial charge in [-0.05, 0) is 85.3 Å². The number of hydrogen-bond acceptors (Lipinski definition) is 8. The van der Waals surface area contributed by atoms with E-state index in [9.17, 15) is 9.59 Å². The van der Waals surface area contributed by atoms with Crippen LogP contribution in [0.5, 0.6) is 11.5 Å². The van der Waals surface area contributed by atoms with Gasteiger partial charge in [-0.2, -0.15) is 0 Å². The minimum atomic E-state index is -0.975. The Morgan fingerprint density at radius 2 is 1.41 bits per heavy atom. The smallest absolute Gasteiger partial charge is 0.338 e. The maximum absolute atomic E-state index is 13.1. The van der Waals surface area contributed by atoms with Crippen LogP contribution in [0.3, 0.4) is 0 Å². The van der Waals surface area contributed by atoms with Gasteiger partial charge in [0.2, 0.25) is 0 Å². The van der Waals surface area contributed by atoms with E-state index in [1.54, 1.807) is 57.7 Å². The van der Waals surface area contributed by atoms with E-state index in [4.69, 9.17) is 24.2 Å². The Labute approximate surface area is 237 Å². The van der Waals surface area contributed by atoms with Gasteiger partial charge in [0.25, 0.3) is 5.91 Å². The second kappa shape index (κ2) is 12.3. The number of amides is 1. The van der Waals surface area contributed by atoms with Crippen LogP contribution >= 0.6 is 0 Å². The molecule has 0 fully saturated rings. The van der Waals surface area contributed by atoms with Crippen molar-refractivity contribution < 1.29 is 23.8 Å². The Morgan fingerprint density at radius 3 is 1.95 bits per heavy atom. The van der Waals surface area contributed by atoms with Crippen LogP contribution in [0.25, 0.3) is 33.5 Å². The summed E-state index contributed by atoms with van der Waals surface area (Å²) in [5, 5.41) is 2.72. The molecule has 1 unspecified atom stereocenters. The first kappa shape index (κ1) is 27.3. The fourth-order valence-corrected chi connectivity index (χ4v) is 4.26.